The van der Waals surface area contributed by atoms with Crippen molar-refractivity contribution in [3.63, 3.8) is 0 Å². The summed E-state index contributed by atoms with van der Waals surface area (Å²) in [6, 6.07) is 7.69. The Morgan fingerprint density at radius 3 is 2.71 bits per heavy atom. The number of nitrogens with zero attached hydrogens (tertiary/aromatic N) is 2. The Morgan fingerprint density at radius 2 is 2.14 bits per heavy atom. The fourth-order valence-electron chi connectivity index (χ4n) is 2.36. The van der Waals surface area contributed by atoms with Crippen LogP contribution in [0, 0.1) is 0 Å². The van der Waals surface area contributed by atoms with Gasteiger partial charge in [0.05, 0.1) is 6.04 Å². The van der Waals surface area contributed by atoms with Gasteiger partial charge in [-0.1, -0.05) is 19.9 Å². The molecule has 1 amide bonds. The number of hydrogen-bond donors (Lipinski definition) is 1. The molecule has 0 aliphatic heterocycles. The third-order valence-electron chi connectivity index (χ3n) is 3.53. The lowest BCUT2D eigenvalue weighted by atomic mass is 10.1. The molecule has 1 atom stereocenters. The second kappa shape index (κ2) is 7.90. The van der Waals surface area contributed by atoms with Gasteiger partial charge in [0.1, 0.15) is 5.69 Å². The van der Waals surface area contributed by atoms with Gasteiger partial charge >= 0.3 is 0 Å². The summed E-state index contributed by atoms with van der Waals surface area (Å²) >= 11 is 1.69. The van der Waals surface area contributed by atoms with Gasteiger partial charge in [-0.25, -0.2) is 0 Å². The molecule has 2 aromatic heterocycles. The van der Waals surface area contributed by atoms with E-state index in [2.05, 4.69) is 45.9 Å². The number of hydrogen-bond acceptors (Lipinski definition) is 4. The minimum Gasteiger partial charge on any atom is -0.349 e. The first-order valence-corrected chi connectivity index (χ1v) is 8.15. The molecule has 0 bridgehead atoms. The highest BCUT2D eigenvalue weighted by Gasteiger charge is 2.19. The Balaban J connectivity index is 2.04. The van der Waals surface area contributed by atoms with E-state index in [0.29, 0.717) is 12.2 Å². The lowest BCUT2D eigenvalue weighted by molar-refractivity contribution is 0.0930. The van der Waals surface area contributed by atoms with E-state index in [0.717, 1.165) is 13.1 Å². The number of likely N-dealkylation sites (N-methyl/N-ethyl adjacent to an activating group) is 1. The molecule has 2 aromatic rings. The maximum atomic E-state index is 12.1. The van der Waals surface area contributed by atoms with E-state index in [1.165, 1.54) is 5.56 Å². The van der Waals surface area contributed by atoms with Crippen molar-refractivity contribution in [1.29, 1.82) is 0 Å². The van der Waals surface area contributed by atoms with E-state index in [1.54, 1.807) is 29.7 Å². The van der Waals surface area contributed by atoms with Crippen LogP contribution in [-0.4, -0.2) is 35.4 Å². The van der Waals surface area contributed by atoms with Gasteiger partial charge in [-0.15, -0.1) is 0 Å². The predicted molar refractivity (Wildman–Crippen MR) is 86.6 cm³/mol. The van der Waals surface area contributed by atoms with Crippen molar-refractivity contribution >= 4 is 17.2 Å². The summed E-state index contributed by atoms with van der Waals surface area (Å²) in [5, 5.41) is 7.22. The summed E-state index contributed by atoms with van der Waals surface area (Å²) < 4.78 is 0. The quantitative estimate of drug-likeness (QED) is 0.855. The standard InChI is InChI=1S/C16H21N3OS/c1-3-19(4-2)15(13-8-10-21-12-13)11-18-16(20)14-7-5-6-9-17-14/h5-10,12,15H,3-4,11H2,1-2H3,(H,18,20). The maximum Gasteiger partial charge on any atom is 0.269 e. The topological polar surface area (TPSA) is 45.2 Å². The third kappa shape index (κ3) is 4.12. The Kier molecular flexibility index (Phi) is 5.90. The first-order valence-electron chi connectivity index (χ1n) is 7.21. The molecular formula is C16H21N3OS. The highest BCUT2D eigenvalue weighted by Crippen LogP contribution is 2.22. The van der Waals surface area contributed by atoms with Crippen LogP contribution in [-0.2, 0) is 0 Å². The van der Waals surface area contributed by atoms with Crippen LogP contribution in [0.1, 0.15) is 35.9 Å². The van der Waals surface area contributed by atoms with Crippen LogP contribution in [0.3, 0.4) is 0 Å². The van der Waals surface area contributed by atoms with Gasteiger partial charge in [-0.2, -0.15) is 11.3 Å². The van der Waals surface area contributed by atoms with Crippen molar-refractivity contribution in [2.45, 2.75) is 19.9 Å². The normalized spacial score (nSPS) is 12.3. The molecule has 0 radical (unpaired) electrons. The lowest BCUT2D eigenvalue weighted by Gasteiger charge is -2.29. The second-order valence-electron chi connectivity index (χ2n) is 4.72. The van der Waals surface area contributed by atoms with Crippen LogP contribution < -0.4 is 5.32 Å². The molecule has 5 heteroatoms. The van der Waals surface area contributed by atoms with Gasteiger partial charge in [0.25, 0.3) is 5.91 Å². The first kappa shape index (κ1) is 15.7. The highest BCUT2D eigenvalue weighted by molar-refractivity contribution is 7.07. The Bertz CT molecular complexity index is 538. The molecule has 1 unspecified atom stereocenters. The molecule has 0 spiro atoms. The van der Waals surface area contributed by atoms with Gasteiger partial charge in [0, 0.05) is 12.7 Å². The zero-order valence-electron chi connectivity index (χ0n) is 12.5. The number of carbonyl (C=O) groups excluding carboxylic acids is 1. The number of amides is 1. The number of thiophene rings is 1. The van der Waals surface area contributed by atoms with Gasteiger partial charge in [0.15, 0.2) is 0 Å². The van der Waals surface area contributed by atoms with Crippen molar-refractivity contribution in [2.24, 2.45) is 0 Å². The molecule has 0 fully saturated rings. The van der Waals surface area contributed by atoms with E-state index in [4.69, 9.17) is 0 Å². The van der Waals surface area contributed by atoms with Gasteiger partial charge in [-0.05, 0) is 47.6 Å². The second-order valence-corrected chi connectivity index (χ2v) is 5.50. The molecule has 0 aromatic carbocycles. The largest absolute Gasteiger partial charge is 0.349 e. The number of aromatic nitrogens is 1. The van der Waals surface area contributed by atoms with E-state index in [9.17, 15) is 4.79 Å². The number of pyridine rings is 1. The van der Waals surface area contributed by atoms with Gasteiger partial charge in [-0.3, -0.25) is 14.7 Å². The Labute approximate surface area is 129 Å². The maximum absolute atomic E-state index is 12.1. The Hall–Kier alpha value is -1.72. The van der Waals surface area contributed by atoms with E-state index in [1.807, 2.05) is 6.07 Å². The van der Waals surface area contributed by atoms with Crippen molar-refractivity contribution in [2.75, 3.05) is 19.6 Å². The average molecular weight is 303 g/mol. The first-order chi connectivity index (χ1) is 10.3. The van der Waals surface area contributed by atoms with Crippen molar-refractivity contribution < 1.29 is 4.79 Å². The minimum atomic E-state index is -0.122. The molecule has 4 nitrogen and oxygen atoms in total. The zero-order valence-corrected chi connectivity index (χ0v) is 13.3. The van der Waals surface area contributed by atoms with Crippen molar-refractivity contribution in [1.82, 2.24) is 15.2 Å². The smallest absolute Gasteiger partial charge is 0.269 e. The van der Waals surface area contributed by atoms with Crippen molar-refractivity contribution in [3.05, 3.63) is 52.5 Å². The van der Waals surface area contributed by atoms with Crippen LogP contribution in [0.5, 0.6) is 0 Å². The average Bonchev–Trinajstić information content (AvgIpc) is 3.06. The molecule has 0 aliphatic rings. The fraction of sp³-hybridized carbons (Fsp3) is 0.375. The van der Waals surface area contributed by atoms with Crippen LogP contribution in [0.25, 0.3) is 0 Å². The SMILES string of the molecule is CCN(CC)C(CNC(=O)c1ccccn1)c1ccsc1. The number of rotatable bonds is 7. The molecule has 0 aliphatic carbocycles. The summed E-state index contributed by atoms with van der Waals surface area (Å²) in [6.07, 6.45) is 1.63. The molecule has 0 saturated carbocycles. The van der Waals surface area contributed by atoms with Crippen LogP contribution in [0.15, 0.2) is 41.2 Å². The third-order valence-corrected chi connectivity index (χ3v) is 4.24. The summed E-state index contributed by atoms with van der Waals surface area (Å²) in [5.74, 6) is -0.122. The molecule has 21 heavy (non-hydrogen) atoms. The molecule has 2 rings (SSSR count). The van der Waals surface area contributed by atoms with E-state index in [-0.39, 0.29) is 11.9 Å². The molecular weight excluding hydrogens is 282 g/mol. The van der Waals surface area contributed by atoms with E-state index >= 15 is 0 Å². The summed E-state index contributed by atoms with van der Waals surface area (Å²) in [6.45, 7) is 6.79. The van der Waals surface area contributed by atoms with E-state index < -0.39 is 0 Å². The number of carbonyl (C=O) groups is 1. The van der Waals surface area contributed by atoms with Crippen LogP contribution in [0.2, 0.25) is 0 Å². The highest BCUT2D eigenvalue weighted by atomic mass is 32.1. The molecule has 1 N–H and O–H groups in total. The Morgan fingerprint density at radius 1 is 1.33 bits per heavy atom. The molecule has 112 valence electrons. The summed E-state index contributed by atoms with van der Waals surface area (Å²) in [7, 11) is 0. The molecule has 0 saturated heterocycles. The van der Waals surface area contributed by atoms with Crippen LogP contribution >= 0.6 is 11.3 Å². The zero-order chi connectivity index (χ0) is 15.1. The predicted octanol–water partition coefficient (Wildman–Crippen LogP) is 2.96. The van der Waals surface area contributed by atoms with Gasteiger partial charge < -0.3 is 5.32 Å². The lowest BCUT2D eigenvalue weighted by Crippen LogP contribution is -2.38. The number of nitrogens with one attached hydrogen (secondary N) is 1. The summed E-state index contributed by atoms with van der Waals surface area (Å²) in [4.78, 5) is 18.6. The monoisotopic (exact) mass is 303 g/mol. The molecule has 2 heterocycles. The fourth-order valence-corrected chi connectivity index (χ4v) is 3.07. The van der Waals surface area contributed by atoms with Gasteiger partial charge in [0.2, 0.25) is 0 Å². The minimum absolute atomic E-state index is 0.122. The van der Waals surface area contributed by atoms with Crippen molar-refractivity contribution in [3.8, 4) is 0 Å². The van der Waals surface area contributed by atoms with Crippen LogP contribution in [0.4, 0.5) is 0 Å². The summed E-state index contributed by atoms with van der Waals surface area (Å²) in [5.41, 5.74) is 1.71.